The number of aromatic hydroxyl groups is 1. The van der Waals surface area contributed by atoms with Gasteiger partial charge in [0.15, 0.2) is 0 Å². The molecule has 0 aliphatic heterocycles. The van der Waals surface area contributed by atoms with Crippen LogP contribution in [0, 0.1) is 6.92 Å². The third-order valence-electron chi connectivity index (χ3n) is 2.32. The Bertz CT molecular complexity index is 388. The van der Waals surface area contributed by atoms with Gasteiger partial charge < -0.3 is 10.2 Å². The van der Waals surface area contributed by atoms with E-state index in [9.17, 15) is 9.90 Å². The van der Waals surface area contributed by atoms with E-state index in [1.165, 1.54) is 0 Å². The lowest BCUT2D eigenvalue weighted by molar-refractivity contribution is -0.137. The number of carboxylic acid groups (broad SMARTS) is 1. The van der Waals surface area contributed by atoms with Crippen LogP contribution in [0.25, 0.3) is 0 Å². The van der Waals surface area contributed by atoms with E-state index >= 15 is 0 Å². The van der Waals surface area contributed by atoms with Crippen LogP contribution in [0.15, 0.2) is 16.6 Å². The fourth-order valence-corrected chi connectivity index (χ4v) is 2.25. The zero-order valence-corrected chi connectivity index (χ0v) is 10.2. The molecule has 0 aliphatic carbocycles. The predicted octanol–water partition coefficient (Wildman–Crippen LogP) is 3.04. The summed E-state index contributed by atoms with van der Waals surface area (Å²) < 4.78 is 0.788. The average molecular weight is 273 g/mol. The van der Waals surface area contributed by atoms with E-state index in [4.69, 9.17) is 5.11 Å². The van der Waals surface area contributed by atoms with Crippen molar-refractivity contribution in [1.29, 1.82) is 0 Å². The van der Waals surface area contributed by atoms with E-state index < -0.39 is 5.97 Å². The standard InChI is InChI=1S/C11H13BrO3/c1-6-3-4-8(13)10(11(6)12)7(2)5-9(14)15/h3-4,7,13H,5H2,1-2H3,(H,14,15). The summed E-state index contributed by atoms with van der Waals surface area (Å²) in [4.78, 5) is 10.6. The van der Waals surface area contributed by atoms with Crippen LogP contribution >= 0.6 is 15.9 Å². The van der Waals surface area contributed by atoms with Gasteiger partial charge in [0.1, 0.15) is 5.75 Å². The number of phenolic OH excluding ortho intramolecular Hbond substituents is 1. The molecule has 1 rings (SSSR count). The Kier molecular flexibility index (Phi) is 3.74. The molecule has 0 aromatic heterocycles. The zero-order chi connectivity index (χ0) is 11.6. The highest BCUT2D eigenvalue weighted by Gasteiger charge is 2.18. The normalized spacial score (nSPS) is 12.5. The summed E-state index contributed by atoms with van der Waals surface area (Å²) in [5.74, 6) is -0.937. The van der Waals surface area contributed by atoms with Gasteiger partial charge >= 0.3 is 5.97 Å². The first-order valence-corrected chi connectivity index (χ1v) is 5.42. The van der Waals surface area contributed by atoms with Gasteiger partial charge in [-0.3, -0.25) is 4.79 Å². The second-order valence-electron chi connectivity index (χ2n) is 3.63. The summed E-state index contributed by atoms with van der Waals surface area (Å²) in [5, 5.41) is 18.4. The first-order valence-electron chi connectivity index (χ1n) is 4.63. The Labute approximate surface area is 96.9 Å². The molecule has 2 N–H and O–H groups in total. The quantitative estimate of drug-likeness (QED) is 0.889. The number of carboxylic acids is 1. The van der Waals surface area contributed by atoms with Gasteiger partial charge in [-0.15, -0.1) is 0 Å². The second-order valence-corrected chi connectivity index (χ2v) is 4.42. The highest BCUT2D eigenvalue weighted by Crippen LogP contribution is 2.36. The van der Waals surface area contributed by atoms with Gasteiger partial charge in [0.2, 0.25) is 0 Å². The minimum Gasteiger partial charge on any atom is -0.508 e. The van der Waals surface area contributed by atoms with Crippen molar-refractivity contribution < 1.29 is 15.0 Å². The fraction of sp³-hybridized carbons (Fsp3) is 0.364. The predicted molar refractivity (Wildman–Crippen MR) is 61.2 cm³/mol. The van der Waals surface area contributed by atoms with Crippen molar-refractivity contribution >= 4 is 21.9 Å². The number of aryl methyl sites for hydroxylation is 1. The van der Waals surface area contributed by atoms with Crippen LogP contribution in [0.5, 0.6) is 5.75 Å². The molecule has 1 atom stereocenters. The van der Waals surface area contributed by atoms with E-state index in [1.807, 2.05) is 6.92 Å². The lowest BCUT2D eigenvalue weighted by Crippen LogP contribution is -2.04. The summed E-state index contributed by atoms with van der Waals surface area (Å²) in [5.41, 5.74) is 1.65. The van der Waals surface area contributed by atoms with Gasteiger partial charge in [0.05, 0.1) is 6.42 Å². The Morgan fingerprint density at radius 3 is 2.67 bits per heavy atom. The van der Waals surface area contributed by atoms with Crippen molar-refractivity contribution in [2.45, 2.75) is 26.2 Å². The SMILES string of the molecule is Cc1ccc(O)c(C(C)CC(=O)O)c1Br. The van der Waals surface area contributed by atoms with Crippen molar-refractivity contribution in [2.75, 3.05) is 0 Å². The third-order valence-corrected chi connectivity index (χ3v) is 3.38. The molecular formula is C11H13BrO3. The number of halogens is 1. The molecule has 0 radical (unpaired) electrons. The molecule has 0 fully saturated rings. The maximum absolute atomic E-state index is 10.6. The molecule has 0 saturated heterocycles. The van der Waals surface area contributed by atoms with Crippen molar-refractivity contribution in [2.24, 2.45) is 0 Å². The zero-order valence-electron chi connectivity index (χ0n) is 8.62. The Balaban J connectivity index is 3.12. The molecule has 82 valence electrons. The van der Waals surface area contributed by atoms with E-state index in [0.29, 0.717) is 5.56 Å². The Morgan fingerprint density at radius 2 is 2.13 bits per heavy atom. The number of phenols is 1. The van der Waals surface area contributed by atoms with Crippen LogP contribution in [0.3, 0.4) is 0 Å². The van der Waals surface area contributed by atoms with Crippen LogP contribution < -0.4 is 0 Å². The van der Waals surface area contributed by atoms with E-state index in [1.54, 1.807) is 19.1 Å². The molecule has 0 spiro atoms. The molecule has 0 amide bonds. The lowest BCUT2D eigenvalue weighted by Gasteiger charge is -2.15. The van der Waals surface area contributed by atoms with Gasteiger partial charge in [-0.2, -0.15) is 0 Å². The van der Waals surface area contributed by atoms with Crippen molar-refractivity contribution in [3.05, 3.63) is 27.7 Å². The van der Waals surface area contributed by atoms with Crippen molar-refractivity contribution in [3.63, 3.8) is 0 Å². The molecule has 4 heteroatoms. The second kappa shape index (κ2) is 4.66. The van der Waals surface area contributed by atoms with E-state index in [2.05, 4.69) is 15.9 Å². The minimum atomic E-state index is -0.865. The fourth-order valence-electron chi connectivity index (χ4n) is 1.52. The lowest BCUT2D eigenvalue weighted by atomic mass is 9.95. The number of hydrogen-bond acceptors (Lipinski definition) is 2. The third kappa shape index (κ3) is 2.72. The maximum Gasteiger partial charge on any atom is 0.303 e. The molecule has 15 heavy (non-hydrogen) atoms. The summed E-state index contributed by atoms with van der Waals surface area (Å²) in [6.07, 6.45) is 0.00954. The number of hydrogen-bond donors (Lipinski definition) is 2. The molecule has 0 saturated carbocycles. The molecule has 3 nitrogen and oxygen atoms in total. The molecule has 0 bridgehead atoms. The van der Waals surface area contributed by atoms with E-state index in [-0.39, 0.29) is 18.1 Å². The van der Waals surface area contributed by atoms with Crippen molar-refractivity contribution in [3.8, 4) is 5.75 Å². The van der Waals surface area contributed by atoms with Gasteiger partial charge in [-0.25, -0.2) is 0 Å². The van der Waals surface area contributed by atoms with Gasteiger partial charge in [-0.1, -0.05) is 28.9 Å². The molecule has 1 unspecified atom stereocenters. The smallest absolute Gasteiger partial charge is 0.303 e. The topological polar surface area (TPSA) is 57.5 Å². The summed E-state index contributed by atoms with van der Waals surface area (Å²) in [6.45, 7) is 3.69. The van der Waals surface area contributed by atoms with Crippen LogP contribution in [0.1, 0.15) is 30.4 Å². The highest BCUT2D eigenvalue weighted by molar-refractivity contribution is 9.10. The highest BCUT2D eigenvalue weighted by atomic mass is 79.9. The molecular weight excluding hydrogens is 260 g/mol. The summed E-state index contributed by atoms with van der Waals surface area (Å²) >= 11 is 3.37. The van der Waals surface area contributed by atoms with Crippen LogP contribution in [0.2, 0.25) is 0 Å². The number of rotatable bonds is 3. The molecule has 1 aromatic carbocycles. The van der Waals surface area contributed by atoms with Gasteiger partial charge in [0.25, 0.3) is 0 Å². The van der Waals surface area contributed by atoms with Gasteiger partial charge in [0, 0.05) is 10.0 Å². The largest absolute Gasteiger partial charge is 0.508 e. The van der Waals surface area contributed by atoms with E-state index in [0.717, 1.165) is 10.0 Å². The maximum atomic E-state index is 10.6. The number of carbonyl (C=O) groups is 1. The Hall–Kier alpha value is -1.03. The first-order chi connectivity index (χ1) is 6.93. The summed E-state index contributed by atoms with van der Waals surface area (Å²) in [7, 11) is 0. The minimum absolute atomic E-state index is 0.00954. The van der Waals surface area contributed by atoms with Crippen LogP contribution in [-0.2, 0) is 4.79 Å². The monoisotopic (exact) mass is 272 g/mol. The molecule has 0 aliphatic rings. The van der Waals surface area contributed by atoms with Crippen LogP contribution in [-0.4, -0.2) is 16.2 Å². The Morgan fingerprint density at radius 1 is 1.53 bits per heavy atom. The van der Waals surface area contributed by atoms with Gasteiger partial charge in [-0.05, 0) is 24.5 Å². The number of aliphatic carboxylic acids is 1. The number of benzene rings is 1. The molecule has 0 heterocycles. The summed E-state index contributed by atoms with van der Waals surface area (Å²) in [6, 6.07) is 3.38. The van der Waals surface area contributed by atoms with Crippen LogP contribution in [0.4, 0.5) is 0 Å². The van der Waals surface area contributed by atoms with Crippen molar-refractivity contribution in [1.82, 2.24) is 0 Å². The molecule has 1 aromatic rings. The first kappa shape index (κ1) is 12.0. The average Bonchev–Trinajstić information content (AvgIpc) is 2.11.